The number of aryl methyl sites for hydroxylation is 2. The van der Waals surface area contributed by atoms with Crippen LogP contribution in [0.2, 0.25) is 0 Å². The summed E-state index contributed by atoms with van der Waals surface area (Å²) in [4.78, 5) is 23.6. The number of nitro groups is 1. The molecule has 0 aliphatic heterocycles. The third-order valence-electron chi connectivity index (χ3n) is 4.40. The Morgan fingerprint density at radius 1 is 1.23 bits per heavy atom. The van der Waals surface area contributed by atoms with Crippen LogP contribution in [0.1, 0.15) is 21.7 Å². The predicted octanol–water partition coefficient (Wildman–Crippen LogP) is 2.50. The fourth-order valence-corrected chi connectivity index (χ4v) is 2.83. The molecule has 1 aromatic heterocycles. The van der Waals surface area contributed by atoms with Crippen LogP contribution in [0, 0.1) is 24.0 Å². The van der Waals surface area contributed by atoms with E-state index in [1.165, 1.54) is 18.2 Å². The molecule has 0 saturated carbocycles. The van der Waals surface area contributed by atoms with E-state index in [1.807, 2.05) is 13.0 Å². The highest BCUT2D eigenvalue weighted by atomic mass is 16.6. The highest BCUT2D eigenvalue weighted by Crippen LogP contribution is 2.26. The molecule has 0 radical (unpaired) electrons. The van der Waals surface area contributed by atoms with Crippen molar-refractivity contribution in [3.63, 3.8) is 0 Å². The number of nitro benzene ring substituents is 1. The minimum Gasteiger partial charge on any atom is -0.383 e. The van der Waals surface area contributed by atoms with Crippen LogP contribution >= 0.6 is 0 Å². The van der Waals surface area contributed by atoms with Gasteiger partial charge in [0.15, 0.2) is 5.82 Å². The van der Waals surface area contributed by atoms with Gasteiger partial charge in [0.05, 0.1) is 17.2 Å². The molecule has 3 rings (SSSR count). The van der Waals surface area contributed by atoms with Gasteiger partial charge in [-0.15, -0.1) is 5.10 Å². The van der Waals surface area contributed by atoms with Gasteiger partial charge in [-0.1, -0.05) is 6.07 Å². The molecule has 0 saturated heterocycles. The van der Waals surface area contributed by atoms with Gasteiger partial charge in [-0.05, 0) is 54.1 Å². The van der Waals surface area contributed by atoms with E-state index in [2.05, 4.69) is 26.2 Å². The lowest BCUT2D eigenvalue weighted by molar-refractivity contribution is -0.384. The van der Waals surface area contributed by atoms with Crippen molar-refractivity contribution in [3.05, 3.63) is 63.5 Å². The van der Waals surface area contributed by atoms with E-state index in [4.69, 9.17) is 4.74 Å². The first kappa shape index (κ1) is 20.9. The Kier molecular flexibility index (Phi) is 6.32. The highest BCUT2D eigenvalue weighted by molar-refractivity contribution is 6.05. The van der Waals surface area contributed by atoms with Gasteiger partial charge in [-0.3, -0.25) is 14.9 Å². The van der Waals surface area contributed by atoms with Gasteiger partial charge in [-0.25, -0.2) is 0 Å². The standard InChI is InChI=1S/C19H21N7O4/c1-12-4-6-15(11-17(12)25-13(2)22-23-24-25)21-19(27)14-5-7-16(20-8-9-30-3)18(10-14)26(28)29/h4-7,10-11,20H,8-9H2,1-3H3,(H,21,27). The van der Waals surface area contributed by atoms with E-state index >= 15 is 0 Å². The Balaban J connectivity index is 1.83. The lowest BCUT2D eigenvalue weighted by atomic mass is 10.1. The smallest absolute Gasteiger partial charge is 0.293 e. The molecule has 0 aliphatic rings. The van der Waals surface area contributed by atoms with Gasteiger partial charge in [0.2, 0.25) is 0 Å². The summed E-state index contributed by atoms with van der Waals surface area (Å²) in [7, 11) is 1.54. The number of nitrogens with zero attached hydrogens (tertiary/aromatic N) is 5. The summed E-state index contributed by atoms with van der Waals surface area (Å²) in [5.41, 5.74) is 2.46. The van der Waals surface area contributed by atoms with E-state index in [-0.39, 0.29) is 11.3 Å². The zero-order chi connectivity index (χ0) is 21.7. The topological polar surface area (TPSA) is 137 Å². The average molecular weight is 411 g/mol. The van der Waals surface area contributed by atoms with Crippen molar-refractivity contribution >= 4 is 23.0 Å². The molecular weight excluding hydrogens is 390 g/mol. The highest BCUT2D eigenvalue weighted by Gasteiger charge is 2.18. The van der Waals surface area contributed by atoms with Crippen LogP contribution in [0.4, 0.5) is 17.1 Å². The van der Waals surface area contributed by atoms with Crippen LogP contribution in [-0.4, -0.2) is 51.3 Å². The summed E-state index contributed by atoms with van der Waals surface area (Å²) < 4.78 is 6.50. The second kappa shape index (κ2) is 9.09. The van der Waals surface area contributed by atoms with Crippen LogP contribution in [0.5, 0.6) is 0 Å². The van der Waals surface area contributed by atoms with Crippen molar-refractivity contribution in [2.45, 2.75) is 13.8 Å². The Morgan fingerprint density at radius 3 is 2.70 bits per heavy atom. The number of rotatable bonds is 8. The number of nitrogens with one attached hydrogen (secondary N) is 2. The summed E-state index contributed by atoms with van der Waals surface area (Å²) in [5.74, 6) is 0.138. The first-order valence-electron chi connectivity index (χ1n) is 9.09. The van der Waals surface area contributed by atoms with Crippen LogP contribution in [0.15, 0.2) is 36.4 Å². The molecule has 0 bridgehead atoms. The molecule has 1 amide bonds. The molecule has 3 aromatic rings. The fourth-order valence-electron chi connectivity index (χ4n) is 2.83. The molecule has 2 N–H and O–H groups in total. The van der Waals surface area contributed by atoms with Crippen molar-refractivity contribution in [1.82, 2.24) is 20.2 Å². The van der Waals surface area contributed by atoms with Gasteiger partial charge in [0.1, 0.15) is 5.69 Å². The molecule has 11 nitrogen and oxygen atoms in total. The van der Waals surface area contributed by atoms with Crippen LogP contribution in [0.3, 0.4) is 0 Å². The van der Waals surface area contributed by atoms with Crippen molar-refractivity contribution in [2.24, 2.45) is 0 Å². The molecular formula is C19H21N7O4. The zero-order valence-corrected chi connectivity index (χ0v) is 16.7. The molecule has 0 unspecified atom stereocenters. The van der Waals surface area contributed by atoms with Crippen LogP contribution in [0.25, 0.3) is 5.69 Å². The van der Waals surface area contributed by atoms with E-state index in [1.54, 1.807) is 30.8 Å². The molecule has 0 fully saturated rings. The van der Waals surface area contributed by atoms with Crippen LogP contribution < -0.4 is 10.6 Å². The van der Waals surface area contributed by atoms with E-state index in [0.717, 1.165) is 11.3 Å². The van der Waals surface area contributed by atoms with Gasteiger partial charge < -0.3 is 15.4 Å². The Bertz CT molecular complexity index is 1080. The number of aromatic nitrogens is 4. The van der Waals surface area contributed by atoms with E-state index in [0.29, 0.717) is 30.4 Å². The van der Waals surface area contributed by atoms with Crippen molar-refractivity contribution < 1.29 is 14.5 Å². The summed E-state index contributed by atoms with van der Waals surface area (Å²) >= 11 is 0. The molecule has 1 heterocycles. The van der Waals surface area contributed by atoms with Crippen molar-refractivity contribution in [3.8, 4) is 5.69 Å². The number of benzene rings is 2. The molecule has 0 spiro atoms. The maximum Gasteiger partial charge on any atom is 0.293 e. The van der Waals surface area contributed by atoms with E-state index in [9.17, 15) is 14.9 Å². The lowest BCUT2D eigenvalue weighted by Gasteiger charge is -2.11. The predicted molar refractivity (Wildman–Crippen MR) is 110 cm³/mol. The van der Waals surface area contributed by atoms with Crippen LogP contribution in [-0.2, 0) is 4.74 Å². The normalized spacial score (nSPS) is 10.6. The molecule has 0 atom stereocenters. The molecule has 2 aromatic carbocycles. The third kappa shape index (κ3) is 4.58. The minimum atomic E-state index is -0.531. The Morgan fingerprint density at radius 2 is 2.03 bits per heavy atom. The van der Waals surface area contributed by atoms with Gasteiger partial charge in [0.25, 0.3) is 11.6 Å². The van der Waals surface area contributed by atoms with Gasteiger partial charge in [0, 0.05) is 31.0 Å². The number of ether oxygens (including phenoxy) is 1. The number of amides is 1. The second-order valence-electron chi connectivity index (χ2n) is 6.50. The van der Waals surface area contributed by atoms with Gasteiger partial charge >= 0.3 is 0 Å². The summed E-state index contributed by atoms with van der Waals surface area (Å²) in [5, 5.41) is 28.6. The first-order valence-corrected chi connectivity index (χ1v) is 9.09. The van der Waals surface area contributed by atoms with Crippen molar-refractivity contribution in [1.29, 1.82) is 0 Å². The molecule has 30 heavy (non-hydrogen) atoms. The third-order valence-corrected chi connectivity index (χ3v) is 4.40. The Hall–Kier alpha value is -3.86. The number of carbonyl (C=O) groups is 1. The maximum absolute atomic E-state index is 12.7. The van der Waals surface area contributed by atoms with E-state index < -0.39 is 10.8 Å². The second-order valence-corrected chi connectivity index (χ2v) is 6.50. The minimum absolute atomic E-state index is 0.166. The number of methoxy groups -OCH3 is 1. The lowest BCUT2D eigenvalue weighted by Crippen LogP contribution is -2.14. The number of hydrogen-bond donors (Lipinski definition) is 2. The number of carbonyl (C=O) groups excluding carboxylic acids is 1. The number of anilines is 2. The fraction of sp³-hybridized carbons (Fsp3) is 0.263. The monoisotopic (exact) mass is 411 g/mol. The maximum atomic E-state index is 12.7. The molecule has 0 aliphatic carbocycles. The number of hydrogen-bond acceptors (Lipinski definition) is 8. The average Bonchev–Trinajstić information content (AvgIpc) is 3.15. The van der Waals surface area contributed by atoms with Gasteiger partial charge in [-0.2, -0.15) is 4.68 Å². The first-order chi connectivity index (χ1) is 14.4. The largest absolute Gasteiger partial charge is 0.383 e. The summed E-state index contributed by atoms with van der Waals surface area (Å²) in [6.45, 7) is 4.48. The zero-order valence-electron chi connectivity index (χ0n) is 16.7. The Labute approximate surface area is 172 Å². The van der Waals surface area contributed by atoms with Crippen molar-refractivity contribution in [2.75, 3.05) is 30.9 Å². The SMILES string of the molecule is COCCNc1ccc(C(=O)Nc2ccc(C)c(-n3nnnc3C)c2)cc1[N+](=O)[O-]. The molecule has 156 valence electrons. The quantitative estimate of drug-likeness (QED) is 0.328. The molecule has 11 heteroatoms. The number of tetrazole rings is 1. The summed E-state index contributed by atoms with van der Waals surface area (Å²) in [6, 6.07) is 9.59. The summed E-state index contributed by atoms with van der Waals surface area (Å²) in [6.07, 6.45) is 0.